The van der Waals surface area contributed by atoms with E-state index in [0.29, 0.717) is 38.9 Å². The molecule has 2 saturated heterocycles. The van der Waals surface area contributed by atoms with Crippen LogP contribution in [0.5, 0.6) is 0 Å². The summed E-state index contributed by atoms with van der Waals surface area (Å²) in [6.45, 7) is 8.59. The zero-order valence-corrected chi connectivity index (χ0v) is 27.1. The average Bonchev–Trinajstić information content (AvgIpc) is 3.67. The van der Waals surface area contributed by atoms with Crippen molar-refractivity contribution < 1.29 is 53.0 Å². The normalized spacial score (nSPS) is 34.7. The van der Waals surface area contributed by atoms with Gasteiger partial charge in [0.15, 0.2) is 0 Å². The topological polar surface area (TPSA) is 150 Å². The van der Waals surface area contributed by atoms with Crippen LogP contribution in [0.2, 0.25) is 0 Å². The molecule has 2 N–H and O–H groups in total. The van der Waals surface area contributed by atoms with Crippen LogP contribution in [-0.4, -0.2) is 97.3 Å². The maximum atomic E-state index is 13.2. The Bertz CT molecular complexity index is 1340. The smallest absolute Gasteiger partial charge is 0.331 e. The summed E-state index contributed by atoms with van der Waals surface area (Å²) in [5.41, 5.74) is 0.749. The first-order chi connectivity index (χ1) is 21.9. The number of cyclic esters (lactones) is 1. The molecule has 2 aliphatic carbocycles. The summed E-state index contributed by atoms with van der Waals surface area (Å²) in [5, 5.41) is 19.3. The van der Waals surface area contributed by atoms with Gasteiger partial charge in [0.05, 0.1) is 36.9 Å². The van der Waals surface area contributed by atoms with Crippen LogP contribution in [0.4, 0.5) is 0 Å². The van der Waals surface area contributed by atoms with E-state index in [1.165, 1.54) is 23.8 Å². The lowest BCUT2D eigenvalue weighted by Crippen LogP contribution is -2.66. The Labute approximate surface area is 269 Å². The first-order valence-electron chi connectivity index (χ1n) is 16.1. The van der Waals surface area contributed by atoms with Crippen molar-refractivity contribution in [1.82, 2.24) is 0 Å². The van der Waals surface area contributed by atoms with E-state index in [9.17, 15) is 24.6 Å². The van der Waals surface area contributed by atoms with Crippen molar-refractivity contribution in [2.24, 2.45) is 10.8 Å². The predicted molar refractivity (Wildman–Crippen MR) is 165 cm³/mol. The Morgan fingerprint density at radius 1 is 1.24 bits per heavy atom. The second-order valence-electron chi connectivity index (χ2n) is 13.3. The van der Waals surface area contributed by atoms with Gasteiger partial charge in [-0.05, 0) is 52.0 Å². The maximum absolute atomic E-state index is 13.2. The number of aliphatic hydroxyl groups is 2. The maximum Gasteiger partial charge on any atom is 0.331 e. The molecule has 5 aliphatic rings. The van der Waals surface area contributed by atoms with Crippen LogP contribution in [0.25, 0.3) is 0 Å². The van der Waals surface area contributed by atoms with Crippen molar-refractivity contribution in [3.8, 4) is 0 Å². The summed E-state index contributed by atoms with van der Waals surface area (Å²) in [6, 6.07) is 0. The summed E-state index contributed by atoms with van der Waals surface area (Å²) in [7, 11) is 0. The number of carbonyl (C=O) groups excluding carboxylic acids is 3. The molecule has 1 saturated carbocycles. The van der Waals surface area contributed by atoms with Gasteiger partial charge in [0.25, 0.3) is 0 Å². The van der Waals surface area contributed by atoms with E-state index < -0.39 is 46.7 Å². The molecule has 5 rings (SSSR count). The third kappa shape index (κ3) is 6.66. The third-order valence-electron chi connectivity index (χ3n) is 10.4. The third-order valence-corrected chi connectivity index (χ3v) is 10.4. The molecule has 3 fully saturated rings. The highest BCUT2D eigenvalue weighted by Crippen LogP contribution is 2.72. The molecule has 3 heterocycles. The van der Waals surface area contributed by atoms with Gasteiger partial charge in [0.1, 0.15) is 31.0 Å². The van der Waals surface area contributed by atoms with E-state index in [-0.39, 0.29) is 38.0 Å². The van der Waals surface area contributed by atoms with Crippen LogP contribution in [0.3, 0.4) is 0 Å². The standard InChI is InChI=1S/C35H46O11/c1-22-9-12-34(20-43-31(39)16-23(2)10-13-36)28(15-22)45-29-18-27(33(34,4)35(29)21-44-35)46-30(38)8-6-5-7-26(24(3)37)41-14-11-25-17-32(40)42-19-25/h5-8,15-17,24,26-29,36-37H,9-14,18-21H2,1-4H3/b7-5+,8-6-,23-16+/t24-,26-,27+,28+,29+,33+,34+,35-/m0/s1. The number of epoxide rings is 1. The Hall–Kier alpha value is -3.09. The van der Waals surface area contributed by atoms with Crippen molar-refractivity contribution in [1.29, 1.82) is 0 Å². The Balaban J connectivity index is 1.27. The quantitative estimate of drug-likeness (QED) is 0.0718. The van der Waals surface area contributed by atoms with Crippen LogP contribution < -0.4 is 0 Å². The van der Waals surface area contributed by atoms with Crippen LogP contribution in [0.15, 0.2) is 59.3 Å². The number of ether oxygens (including phenoxy) is 6. The van der Waals surface area contributed by atoms with Gasteiger partial charge in [-0.15, -0.1) is 0 Å². The number of hydrogen-bond acceptors (Lipinski definition) is 11. The van der Waals surface area contributed by atoms with Gasteiger partial charge >= 0.3 is 17.9 Å². The average molecular weight is 643 g/mol. The molecule has 0 aromatic heterocycles. The summed E-state index contributed by atoms with van der Waals surface area (Å²) >= 11 is 0. The Kier molecular flexibility index (Phi) is 10.4. The molecule has 8 atom stereocenters. The summed E-state index contributed by atoms with van der Waals surface area (Å²) in [6.07, 6.45) is 11.4. The van der Waals surface area contributed by atoms with Gasteiger partial charge in [-0.2, -0.15) is 0 Å². The summed E-state index contributed by atoms with van der Waals surface area (Å²) in [4.78, 5) is 37.2. The van der Waals surface area contributed by atoms with Gasteiger partial charge in [0.2, 0.25) is 0 Å². The minimum Gasteiger partial charge on any atom is -0.462 e. The minimum atomic E-state index is -0.792. The Morgan fingerprint density at radius 3 is 2.70 bits per heavy atom. The molecule has 252 valence electrons. The molecule has 0 radical (unpaired) electrons. The highest BCUT2D eigenvalue weighted by atomic mass is 16.6. The minimum absolute atomic E-state index is 0.0517. The highest BCUT2D eigenvalue weighted by Gasteiger charge is 2.83. The number of carbonyl (C=O) groups is 3. The first kappa shape index (κ1) is 34.3. The van der Waals surface area contributed by atoms with Gasteiger partial charge in [0, 0.05) is 36.7 Å². The van der Waals surface area contributed by atoms with Crippen LogP contribution in [-0.2, 0) is 42.8 Å². The number of aliphatic hydroxyl groups excluding tert-OH is 2. The molecule has 2 bridgehead atoms. The lowest BCUT2D eigenvalue weighted by molar-refractivity contribution is -0.232. The predicted octanol–water partition coefficient (Wildman–Crippen LogP) is 3.19. The largest absolute Gasteiger partial charge is 0.462 e. The van der Waals surface area contributed by atoms with Gasteiger partial charge < -0.3 is 38.6 Å². The van der Waals surface area contributed by atoms with Gasteiger partial charge in [-0.25, -0.2) is 14.4 Å². The fourth-order valence-corrected chi connectivity index (χ4v) is 7.55. The van der Waals surface area contributed by atoms with E-state index in [0.717, 1.165) is 17.6 Å². The fourth-order valence-electron chi connectivity index (χ4n) is 7.55. The highest BCUT2D eigenvalue weighted by molar-refractivity contribution is 5.85. The molecule has 46 heavy (non-hydrogen) atoms. The van der Waals surface area contributed by atoms with Crippen LogP contribution >= 0.6 is 0 Å². The molecule has 11 heteroatoms. The Morgan fingerprint density at radius 2 is 2.02 bits per heavy atom. The van der Waals surface area contributed by atoms with Crippen molar-refractivity contribution in [3.05, 3.63) is 59.3 Å². The van der Waals surface area contributed by atoms with E-state index >= 15 is 0 Å². The number of hydrogen-bond donors (Lipinski definition) is 2. The van der Waals surface area contributed by atoms with E-state index in [1.54, 1.807) is 32.1 Å². The van der Waals surface area contributed by atoms with Crippen molar-refractivity contribution in [2.75, 3.05) is 33.0 Å². The van der Waals surface area contributed by atoms with E-state index in [2.05, 4.69) is 19.9 Å². The molecule has 0 amide bonds. The second kappa shape index (κ2) is 13.9. The van der Waals surface area contributed by atoms with E-state index in [4.69, 9.17) is 28.4 Å². The lowest BCUT2D eigenvalue weighted by atomic mass is 9.51. The van der Waals surface area contributed by atoms with Crippen molar-refractivity contribution in [3.63, 3.8) is 0 Å². The number of rotatable bonds is 14. The summed E-state index contributed by atoms with van der Waals surface area (Å²) in [5.74, 6) is -1.37. The number of fused-ring (bicyclic) bond motifs is 2. The van der Waals surface area contributed by atoms with Gasteiger partial charge in [-0.1, -0.05) is 42.4 Å². The monoisotopic (exact) mass is 642 g/mol. The SMILES string of the molecule is CC1=C[C@H]2O[C@@H]3C[C@@H](OC(=O)/C=C\C=C\[C@H](OCCC4=CC(=O)OC4)[C@H](C)O)[C@](C)([C@@]2(COC(=O)/C=C(\C)CCO)CC1)[C@]31CO1. The zero-order chi connectivity index (χ0) is 33.1. The molecule has 0 aromatic carbocycles. The molecule has 3 aliphatic heterocycles. The van der Waals surface area contributed by atoms with E-state index in [1.807, 2.05) is 0 Å². The molecule has 11 nitrogen and oxygen atoms in total. The van der Waals surface area contributed by atoms with Crippen molar-refractivity contribution >= 4 is 17.9 Å². The molecule has 0 unspecified atom stereocenters. The van der Waals surface area contributed by atoms with Crippen LogP contribution in [0.1, 0.15) is 59.8 Å². The zero-order valence-electron chi connectivity index (χ0n) is 27.1. The van der Waals surface area contributed by atoms with Crippen molar-refractivity contribution in [2.45, 2.75) is 95.9 Å². The second-order valence-corrected chi connectivity index (χ2v) is 13.3. The number of esters is 3. The molecule has 0 aromatic rings. The molecular weight excluding hydrogens is 596 g/mol. The lowest BCUT2D eigenvalue weighted by Gasteiger charge is -2.58. The van der Waals surface area contributed by atoms with Gasteiger partial charge in [-0.3, -0.25) is 0 Å². The molecule has 1 spiro atoms. The number of allylic oxidation sites excluding steroid dienone is 3. The van der Waals surface area contributed by atoms with Crippen LogP contribution in [0, 0.1) is 10.8 Å². The summed E-state index contributed by atoms with van der Waals surface area (Å²) < 4.78 is 35.5. The fraction of sp³-hybridized carbons (Fsp3) is 0.629. The first-order valence-corrected chi connectivity index (χ1v) is 16.1. The molecular formula is C35H46O11.